The molecule has 3 atom stereocenters. The standard InChI is InChI=1S/C18H20/c1-12-8-9-18(14(3)13(12)2)17-10-15-6-4-5-7-16(15)11-17/h4-9,15-17H,10H2,1-3H3. The molecule has 0 heteroatoms. The van der Waals surface area contributed by atoms with E-state index in [1.165, 1.54) is 28.7 Å². The molecule has 2 aliphatic rings. The van der Waals surface area contributed by atoms with Crippen LogP contribution >= 0.6 is 0 Å². The van der Waals surface area contributed by atoms with Crippen molar-refractivity contribution in [2.75, 3.05) is 0 Å². The van der Waals surface area contributed by atoms with Crippen molar-refractivity contribution in [2.45, 2.75) is 33.1 Å². The lowest BCUT2D eigenvalue weighted by atomic mass is 9.88. The number of hydrogen-bond donors (Lipinski definition) is 0. The minimum atomic E-state index is 0.506. The van der Waals surface area contributed by atoms with E-state index in [0.29, 0.717) is 17.8 Å². The van der Waals surface area contributed by atoms with E-state index in [-0.39, 0.29) is 0 Å². The fraction of sp³-hybridized carbons (Fsp3) is 0.389. The third-order valence-electron chi connectivity index (χ3n) is 4.63. The van der Waals surface area contributed by atoms with Gasteiger partial charge in [0.1, 0.15) is 0 Å². The molecule has 1 aromatic carbocycles. The molecular weight excluding hydrogens is 216 g/mol. The third kappa shape index (κ3) is 1.84. The Morgan fingerprint density at radius 1 is 1.00 bits per heavy atom. The van der Waals surface area contributed by atoms with Gasteiger partial charge in [0.05, 0.1) is 0 Å². The van der Waals surface area contributed by atoms with Gasteiger partial charge in [-0.1, -0.05) is 36.4 Å². The van der Waals surface area contributed by atoms with Gasteiger partial charge in [-0.3, -0.25) is 0 Å². The molecule has 0 spiro atoms. The van der Waals surface area contributed by atoms with Crippen LogP contribution in [0.4, 0.5) is 0 Å². The molecular formula is C18H20. The first-order valence-corrected chi connectivity index (χ1v) is 6.84. The summed E-state index contributed by atoms with van der Waals surface area (Å²) in [6.07, 6.45) is 13.9. The largest absolute Gasteiger partial charge is 0.0808 e. The van der Waals surface area contributed by atoms with Gasteiger partial charge in [-0.25, -0.2) is 0 Å². The van der Waals surface area contributed by atoms with Crippen LogP contribution in [0.25, 0.3) is 0 Å². The lowest BCUT2D eigenvalue weighted by Crippen LogP contribution is -2.03. The average Bonchev–Trinajstić information content (AvgIpc) is 2.79. The molecule has 0 saturated heterocycles. The first kappa shape index (κ1) is 11.8. The zero-order valence-electron chi connectivity index (χ0n) is 11.4. The van der Waals surface area contributed by atoms with Crippen molar-refractivity contribution in [1.82, 2.24) is 0 Å². The van der Waals surface area contributed by atoms with Crippen LogP contribution in [0.1, 0.15) is 34.6 Å². The van der Waals surface area contributed by atoms with Gasteiger partial charge in [0.15, 0.2) is 0 Å². The summed E-state index contributed by atoms with van der Waals surface area (Å²) in [7, 11) is 0. The normalized spacial score (nSPS) is 29.6. The van der Waals surface area contributed by atoms with Gasteiger partial charge in [0, 0.05) is 0 Å². The molecule has 0 bridgehead atoms. The summed E-state index contributed by atoms with van der Waals surface area (Å²) in [6, 6.07) is 4.56. The van der Waals surface area contributed by atoms with Crippen LogP contribution in [0.2, 0.25) is 0 Å². The van der Waals surface area contributed by atoms with Crippen molar-refractivity contribution in [3.05, 3.63) is 65.1 Å². The minimum absolute atomic E-state index is 0.506. The number of hydrogen-bond acceptors (Lipinski definition) is 0. The molecule has 0 heterocycles. The van der Waals surface area contributed by atoms with Crippen molar-refractivity contribution in [3.8, 4) is 0 Å². The van der Waals surface area contributed by atoms with E-state index in [4.69, 9.17) is 0 Å². The Hall–Kier alpha value is -1.30. The third-order valence-corrected chi connectivity index (χ3v) is 4.63. The molecule has 0 aromatic heterocycles. The Morgan fingerprint density at radius 2 is 1.78 bits per heavy atom. The second-order valence-electron chi connectivity index (χ2n) is 5.64. The van der Waals surface area contributed by atoms with Crippen molar-refractivity contribution in [3.63, 3.8) is 0 Å². The number of aryl methyl sites for hydroxylation is 1. The summed E-state index contributed by atoms with van der Waals surface area (Å²) in [4.78, 5) is 0. The van der Waals surface area contributed by atoms with Gasteiger partial charge >= 0.3 is 0 Å². The van der Waals surface area contributed by atoms with Crippen LogP contribution in [0.5, 0.6) is 0 Å². The second-order valence-corrected chi connectivity index (χ2v) is 5.64. The number of fused-ring (bicyclic) bond motifs is 1. The molecule has 2 aliphatic carbocycles. The molecule has 1 saturated carbocycles. The highest BCUT2D eigenvalue weighted by molar-refractivity contribution is 5.43. The van der Waals surface area contributed by atoms with E-state index in [2.05, 4.69) is 63.6 Å². The smallest absolute Gasteiger partial charge is 0.00117 e. The maximum atomic E-state index is 3.76. The van der Waals surface area contributed by atoms with E-state index in [1.807, 2.05) is 0 Å². The zero-order valence-corrected chi connectivity index (χ0v) is 11.4. The maximum Gasteiger partial charge on any atom is -0.00117 e. The van der Waals surface area contributed by atoms with Crippen molar-refractivity contribution >= 4 is 0 Å². The summed E-state index contributed by atoms with van der Waals surface area (Å²) >= 11 is 0. The Kier molecular flexibility index (Phi) is 2.89. The van der Waals surface area contributed by atoms with E-state index in [9.17, 15) is 0 Å². The Morgan fingerprint density at radius 3 is 2.56 bits per heavy atom. The number of allylic oxidation sites excluding steroid dienone is 4. The van der Waals surface area contributed by atoms with Gasteiger partial charge in [-0.2, -0.15) is 0 Å². The lowest BCUT2D eigenvalue weighted by molar-refractivity contribution is 0.579. The number of rotatable bonds is 1. The lowest BCUT2D eigenvalue weighted by Gasteiger charge is -2.16. The van der Waals surface area contributed by atoms with Crippen molar-refractivity contribution < 1.29 is 0 Å². The molecule has 18 heavy (non-hydrogen) atoms. The summed E-state index contributed by atoms with van der Waals surface area (Å²) in [5.74, 6) is 1.70. The maximum absolute atomic E-state index is 3.76. The topological polar surface area (TPSA) is 0 Å². The molecule has 1 fully saturated rings. The van der Waals surface area contributed by atoms with Crippen LogP contribution in [0.3, 0.4) is 0 Å². The average molecular weight is 236 g/mol. The Bertz CT molecular complexity index is 499. The van der Waals surface area contributed by atoms with E-state index >= 15 is 0 Å². The van der Waals surface area contributed by atoms with Gasteiger partial charge < -0.3 is 0 Å². The SMILES string of the molecule is Cc1ccc(C2[C]C3C=CC=CC3C2)c(C)c1C. The second kappa shape index (κ2) is 4.42. The fourth-order valence-electron chi connectivity index (χ4n) is 3.20. The van der Waals surface area contributed by atoms with Gasteiger partial charge in [0.2, 0.25) is 0 Å². The molecule has 3 rings (SSSR count). The molecule has 2 radical (unpaired) electrons. The first-order valence-electron chi connectivity index (χ1n) is 6.84. The highest BCUT2D eigenvalue weighted by Gasteiger charge is 2.34. The molecule has 1 aromatic rings. The minimum Gasteiger partial charge on any atom is -0.0808 e. The molecule has 3 unspecified atom stereocenters. The summed E-state index contributed by atoms with van der Waals surface area (Å²) < 4.78 is 0. The van der Waals surface area contributed by atoms with E-state index in [0.717, 1.165) is 0 Å². The van der Waals surface area contributed by atoms with Crippen LogP contribution in [-0.4, -0.2) is 0 Å². The van der Waals surface area contributed by atoms with Crippen LogP contribution in [0.15, 0.2) is 36.4 Å². The zero-order chi connectivity index (χ0) is 12.7. The van der Waals surface area contributed by atoms with Gasteiger partial charge in [-0.05, 0) is 73.6 Å². The van der Waals surface area contributed by atoms with E-state index < -0.39 is 0 Å². The quantitative estimate of drug-likeness (QED) is 0.671. The summed E-state index contributed by atoms with van der Waals surface area (Å²) in [6.45, 7) is 6.68. The van der Waals surface area contributed by atoms with E-state index in [1.54, 1.807) is 0 Å². The Balaban J connectivity index is 1.91. The predicted molar refractivity (Wildman–Crippen MR) is 76.5 cm³/mol. The van der Waals surface area contributed by atoms with Crippen LogP contribution in [-0.2, 0) is 0 Å². The molecule has 0 N–H and O–H groups in total. The Labute approximate surface area is 110 Å². The fourth-order valence-corrected chi connectivity index (χ4v) is 3.20. The van der Waals surface area contributed by atoms with Gasteiger partial charge in [0.25, 0.3) is 0 Å². The van der Waals surface area contributed by atoms with Crippen molar-refractivity contribution in [2.24, 2.45) is 11.8 Å². The highest BCUT2D eigenvalue weighted by Crippen LogP contribution is 2.45. The van der Waals surface area contributed by atoms with Crippen LogP contribution < -0.4 is 0 Å². The predicted octanol–water partition coefficient (Wildman–Crippen LogP) is 4.54. The molecule has 0 nitrogen and oxygen atoms in total. The summed E-state index contributed by atoms with van der Waals surface area (Å²) in [5.41, 5.74) is 5.77. The summed E-state index contributed by atoms with van der Waals surface area (Å²) in [5, 5.41) is 0. The molecule has 0 aliphatic heterocycles. The van der Waals surface area contributed by atoms with Crippen LogP contribution in [0, 0.1) is 39.0 Å². The van der Waals surface area contributed by atoms with Crippen molar-refractivity contribution in [1.29, 1.82) is 0 Å². The van der Waals surface area contributed by atoms with Gasteiger partial charge in [-0.15, -0.1) is 0 Å². The molecule has 92 valence electrons. The highest BCUT2D eigenvalue weighted by atomic mass is 14.4. The monoisotopic (exact) mass is 236 g/mol. The first-order chi connectivity index (χ1) is 8.66. The number of benzene rings is 1. The molecule has 0 amide bonds.